The van der Waals surface area contributed by atoms with Crippen molar-refractivity contribution in [3.63, 3.8) is 0 Å². The van der Waals surface area contributed by atoms with E-state index >= 15 is 0 Å². The van der Waals surface area contributed by atoms with Crippen LogP contribution >= 0.6 is 11.5 Å². The first kappa shape index (κ1) is 9.98. The van der Waals surface area contributed by atoms with Crippen LogP contribution in [0.4, 0.5) is 0 Å². The van der Waals surface area contributed by atoms with Gasteiger partial charge in [0.1, 0.15) is 5.69 Å². The maximum atomic E-state index is 11.7. The largest absolute Gasteiger partial charge is 0.292 e. The number of ketones is 1. The van der Waals surface area contributed by atoms with Gasteiger partial charge in [-0.25, -0.2) is 0 Å². The summed E-state index contributed by atoms with van der Waals surface area (Å²) in [7, 11) is 0. The molecule has 1 aromatic heterocycles. The second-order valence-electron chi connectivity index (χ2n) is 3.32. The van der Waals surface area contributed by atoms with E-state index < -0.39 is 0 Å². The molecule has 0 N–H and O–H groups in total. The van der Waals surface area contributed by atoms with E-state index in [1.54, 1.807) is 5.38 Å². The number of rotatable bonds is 3. The summed E-state index contributed by atoms with van der Waals surface area (Å²) in [6.07, 6.45) is 0.401. The summed E-state index contributed by atoms with van der Waals surface area (Å²) in [6, 6.07) is 7.87. The fraction of sp³-hybridized carbons (Fsp3) is 0.182. The molecule has 0 saturated carbocycles. The van der Waals surface area contributed by atoms with E-state index in [2.05, 4.69) is 9.59 Å². The third-order valence-corrected chi connectivity index (χ3v) is 2.76. The van der Waals surface area contributed by atoms with E-state index in [1.807, 2.05) is 31.2 Å². The quantitative estimate of drug-likeness (QED) is 0.742. The van der Waals surface area contributed by atoms with Gasteiger partial charge in [-0.15, -0.1) is 5.10 Å². The van der Waals surface area contributed by atoms with E-state index in [4.69, 9.17) is 0 Å². The number of nitrogens with zero attached hydrogens (tertiary/aromatic N) is 2. The minimum Gasteiger partial charge on any atom is -0.292 e. The summed E-state index contributed by atoms with van der Waals surface area (Å²) in [5, 5.41) is 5.44. The predicted octanol–water partition coefficient (Wildman–Crippen LogP) is 2.27. The van der Waals surface area contributed by atoms with E-state index in [9.17, 15) is 4.79 Å². The van der Waals surface area contributed by atoms with Crippen LogP contribution in [0.3, 0.4) is 0 Å². The molecule has 0 saturated heterocycles. The molecular weight excluding hydrogens is 208 g/mol. The molecule has 0 aliphatic rings. The van der Waals surface area contributed by atoms with Crippen molar-refractivity contribution in [3.05, 3.63) is 46.5 Å². The molecule has 0 bridgehead atoms. The normalized spacial score (nSPS) is 10.2. The molecule has 0 fully saturated rings. The van der Waals surface area contributed by atoms with Gasteiger partial charge in [-0.3, -0.25) is 4.79 Å². The van der Waals surface area contributed by atoms with Crippen molar-refractivity contribution in [2.75, 3.05) is 0 Å². The Bertz CT molecular complexity index is 465. The average molecular weight is 218 g/mol. The Morgan fingerprint density at radius 1 is 1.40 bits per heavy atom. The minimum atomic E-state index is 0.0260. The monoisotopic (exact) mass is 218 g/mol. The van der Waals surface area contributed by atoms with Crippen molar-refractivity contribution in [2.24, 2.45) is 0 Å². The zero-order valence-corrected chi connectivity index (χ0v) is 9.12. The molecule has 0 radical (unpaired) electrons. The Labute approximate surface area is 91.9 Å². The zero-order chi connectivity index (χ0) is 10.7. The smallest absolute Gasteiger partial charge is 0.188 e. The van der Waals surface area contributed by atoms with Gasteiger partial charge in [0, 0.05) is 11.8 Å². The second-order valence-corrected chi connectivity index (χ2v) is 3.93. The highest BCUT2D eigenvalue weighted by Gasteiger charge is 2.10. The molecule has 1 aromatic carbocycles. The lowest BCUT2D eigenvalue weighted by Crippen LogP contribution is -2.05. The molecule has 76 valence electrons. The van der Waals surface area contributed by atoms with Crippen LogP contribution in [0.15, 0.2) is 29.6 Å². The van der Waals surface area contributed by atoms with Crippen molar-refractivity contribution >= 4 is 17.3 Å². The molecule has 15 heavy (non-hydrogen) atoms. The average Bonchev–Trinajstić information content (AvgIpc) is 2.74. The zero-order valence-electron chi connectivity index (χ0n) is 8.30. The van der Waals surface area contributed by atoms with Crippen LogP contribution in [0.5, 0.6) is 0 Å². The highest BCUT2D eigenvalue weighted by molar-refractivity contribution is 7.03. The van der Waals surface area contributed by atoms with Crippen molar-refractivity contribution < 1.29 is 4.79 Å². The summed E-state index contributed by atoms with van der Waals surface area (Å²) >= 11 is 1.20. The Morgan fingerprint density at radius 3 is 2.87 bits per heavy atom. The molecule has 0 atom stereocenters. The Kier molecular flexibility index (Phi) is 2.87. The van der Waals surface area contributed by atoms with Gasteiger partial charge < -0.3 is 0 Å². The van der Waals surface area contributed by atoms with Crippen LogP contribution in [0, 0.1) is 6.92 Å². The molecule has 0 amide bonds. The maximum absolute atomic E-state index is 11.7. The van der Waals surface area contributed by atoms with Crippen LogP contribution in [-0.4, -0.2) is 15.4 Å². The highest BCUT2D eigenvalue weighted by atomic mass is 32.1. The molecular formula is C11H10N2OS. The standard InChI is InChI=1S/C11H10N2OS/c1-8-4-2-3-5-9(8)6-11(14)10-7-15-13-12-10/h2-5,7H,6H2,1H3. The Hall–Kier alpha value is -1.55. The fourth-order valence-electron chi connectivity index (χ4n) is 1.36. The fourth-order valence-corrected chi connectivity index (χ4v) is 1.82. The number of hydrogen-bond acceptors (Lipinski definition) is 4. The number of Topliss-reactive ketones (excluding diaryl/α,β-unsaturated/α-hetero) is 1. The van der Waals surface area contributed by atoms with E-state index in [0.29, 0.717) is 12.1 Å². The highest BCUT2D eigenvalue weighted by Crippen LogP contribution is 2.10. The van der Waals surface area contributed by atoms with Gasteiger partial charge in [-0.05, 0) is 29.6 Å². The molecule has 2 rings (SSSR count). The third-order valence-electron chi connectivity index (χ3n) is 2.26. The molecule has 0 spiro atoms. The molecule has 3 nitrogen and oxygen atoms in total. The first-order valence-electron chi connectivity index (χ1n) is 4.62. The summed E-state index contributed by atoms with van der Waals surface area (Å²) in [6.45, 7) is 2.00. The van der Waals surface area contributed by atoms with Crippen molar-refractivity contribution in [1.29, 1.82) is 0 Å². The number of hydrogen-bond donors (Lipinski definition) is 0. The number of benzene rings is 1. The lowest BCUT2D eigenvalue weighted by atomic mass is 10.0. The molecule has 1 heterocycles. The summed E-state index contributed by atoms with van der Waals surface area (Å²) in [5.74, 6) is 0.0260. The van der Waals surface area contributed by atoms with Gasteiger partial charge in [0.25, 0.3) is 0 Å². The number of aryl methyl sites for hydroxylation is 1. The van der Waals surface area contributed by atoms with Crippen LogP contribution in [0.1, 0.15) is 21.6 Å². The topological polar surface area (TPSA) is 42.9 Å². The van der Waals surface area contributed by atoms with Crippen molar-refractivity contribution in [3.8, 4) is 0 Å². The number of carbonyl (C=O) groups is 1. The van der Waals surface area contributed by atoms with Gasteiger partial charge >= 0.3 is 0 Å². The van der Waals surface area contributed by atoms with Crippen molar-refractivity contribution in [2.45, 2.75) is 13.3 Å². The number of carbonyl (C=O) groups excluding carboxylic acids is 1. The SMILES string of the molecule is Cc1ccccc1CC(=O)c1csnn1. The Balaban J connectivity index is 2.17. The van der Waals surface area contributed by atoms with Gasteiger partial charge in [0.15, 0.2) is 5.78 Å². The second kappa shape index (κ2) is 4.31. The van der Waals surface area contributed by atoms with E-state index in [1.165, 1.54) is 11.5 Å². The van der Waals surface area contributed by atoms with Crippen LogP contribution in [0.2, 0.25) is 0 Å². The first-order chi connectivity index (χ1) is 7.27. The molecule has 2 aromatic rings. The predicted molar refractivity (Wildman–Crippen MR) is 59.1 cm³/mol. The van der Waals surface area contributed by atoms with Gasteiger partial charge in [-0.1, -0.05) is 28.8 Å². The van der Waals surface area contributed by atoms with Crippen LogP contribution < -0.4 is 0 Å². The van der Waals surface area contributed by atoms with Crippen molar-refractivity contribution in [1.82, 2.24) is 9.59 Å². The molecule has 0 aliphatic heterocycles. The molecule has 0 aliphatic carbocycles. The summed E-state index contributed by atoms with van der Waals surface area (Å²) in [5.41, 5.74) is 2.65. The van der Waals surface area contributed by atoms with Gasteiger partial charge in [-0.2, -0.15) is 0 Å². The summed E-state index contributed by atoms with van der Waals surface area (Å²) in [4.78, 5) is 11.7. The maximum Gasteiger partial charge on any atom is 0.188 e. The third kappa shape index (κ3) is 2.27. The lowest BCUT2D eigenvalue weighted by molar-refractivity contribution is 0.0988. The minimum absolute atomic E-state index is 0.0260. The van der Waals surface area contributed by atoms with Crippen LogP contribution in [-0.2, 0) is 6.42 Å². The van der Waals surface area contributed by atoms with Gasteiger partial charge in [0.2, 0.25) is 0 Å². The first-order valence-corrected chi connectivity index (χ1v) is 5.46. The summed E-state index contributed by atoms with van der Waals surface area (Å²) < 4.78 is 3.68. The van der Waals surface area contributed by atoms with E-state index in [-0.39, 0.29) is 5.78 Å². The van der Waals surface area contributed by atoms with Crippen LogP contribution in [0.25, 0.3) is 0 Å². The van der Waals surface area contributed by atoms with E-state index in [0.717, 1.165) is 11.1 Å². The molecule has 4 heteroatoms. The van der Waals surface area contributed by atoms with Gasteiger partial charge in [0.05, 0.1) is 0 Å². The number of aromatic nitrogens is 2. The molecule has 0 unspecified atom stereocenters. The lowest BCUT2D eigenvalue weighted by Gasteiger charge is -2.02. The Morgan fingerprint density at radius 2 is 2.20 bits per heavy atom.